The molecule has 0 N–H and O–H groups in total. The number of alkyl halides is 2. The van der Waals surface area contributed by atoms with Crippen molar-refractivity contribution >= 4 is 21.6 Å². The van der Waals surface area contributed by atoms with E-state index in [1.165, 1.54) is 0 Å². The van der Waals surface area contributed by atoms with E-state index in [9.17, 15) is 8.78 Å². The third-order valence-corrected chi connectivity index (χ3v) is 3.47. The maximum atomic E-state index is 13.3. The van der Waals surface area contributed by atoms with Gasteiger partial charge in [0.15, 0.2) is 0 Å². The summed E-state index contributed by atoms with van der Waals surface area (Å²) in [5.74, 6) is -2.55. The van der Waals surface area contributed by atoms with Crippen molar-refractivity contribution in [1.82, 2.24) is 0 Å². The predicted molar refractivity (Wildman–Crippen MR) is 65.3 cm³/mol. The summed E-state index contributed by atoms with van der Waals surface area (Å²) in [5.41, 5.74) is 1.99. The first-order valence-corrected chi connectivity index (χ1v) is 6.16. The first-order valence-electron chi connectivity index (χ1n) is 5.37. The Balaban J connectivity index is 2.23. The van der Waals surface area contributed by atoms with Gasteiger partial charge in [0.25, 0.3) is 5.92 Å². The van der Waals surface area contributed by atoms with Gasteiger partial charge >= 0.3 is 0 Å². The fourth-order valence-corrected chi connectivity index (χ4v) is 2.78. The third-order valence-electron chi connectivity index (χ3n) is 2.84. The van der Waals surface area contributed by atoms with E-state index in [4.69, 9.17) is 0 Å². The third kappa shape index (κ3) is 2.54. The van der Waals surface area contributed by atoms with E-state index in [1.807, 2.05) is 25.1 Å². The van der Waals surface area contributed by atoms with Gasteiger partial charge < -0.3 is 4.90 Å². The van der Waals surface area contributed by atoms with Crippen LogP contribution in [0.1, 0.15) is 18.4 Å². The minimum atomic E-state index is -2.55. The number of halogens is 3. The lowest BCUT2D eigenvalue weighted by molar-refractivity contribution is -0.0116. The van der Waals surface area contributed by atoms with Crippen LogP contribution in [0.3, 0.4) is 0 Å². The first kappa shape index (κ1) is 11.8. The zero-order valence-electron chi connectivity index (χ0n) is 9.14. The molecule has 1 nitrogen and oxygen atoms in total. The van der Waals surface area contributed by atoms with Gasteiger partial charge in [0.1, 0.15) is 0 Å². The van der Waals surface area contributed by atoms with Gasteiger partial charge in [0.05, 0.1) is 12.2 Å². The van der Waals surface area contributed by atoms with Crippen LogP contribution in [0.4, 0.5) is 14.5 Å². The molecule has 0 bridgehead atoms. The van der Waals surface area contributed by atoms with Crippen LogP contribution in [-0.4, -0.2) is 19.0 Å². The van der Waals surface area contributed by atoms with Gasteiger partial charge in [-0.1, -0.05) is 6.07 Å². The Morgan fingerprint density at radius 1 is 1.38 bits per heavy atom. The second-order valence-corrected chi connectivity index (χ2v) is 5.19. The van der Waals surface area contributed by atoms with Crippen molar-refractivity contribution in [3.8, 4) is 0 Å². The van der Waals surface area contributed by atoms with Gasteiger partial charge in [0.2, 0.25) is 0 Å². The highest BCUT2D eigenvalue weighted by Gasteiger charge is 2.35. The molecule has 0 radical (unpaired) electrons. The topological polar surface area (TPSA) is 3.24 Å². The van der Waals surface area contributed by atoms with Gasteiger partial charge in [-0.15, -0.1) is 0 Å². The Morgan fingerprint density at radius 2 is 2.12 bits per heavy atom. The summed E-state index contributed by atoms with van der Waals surface area (Å²) in [5, 5.41) is 0. The van der Waals surface area contributed by atoms with Crippen molar-refractivity contribution in [3.63, 3.8) is 0 Å². The van der Waals surface area contributed by atoms with E-state index in [1.54, 1.807) is 4.90 Å². The minimum absolute atomic E-state index is 0.00692. The van der Waals surface area contributed by atoms with E-state index in [-0.39, 0.29) is 13.0 Å². The molecular formula is C12H14BrF2N. The number of aryl methyl sites for hydroxylation is 1. The van der Waals surface area contributed by atoms with Crippen molar-refractivity contribution in [1.29, 1.82) is 0 Å². The Labute approximate surface area is 103 Å². The second kappa shape index (κ2) is 4.32. The quantitative estimate of drug-likeness (QED) is 0.756. The summed E-state index contributed by atoms with van der Waals surface area (Å²) < 4.78 is 27.5. The highest BCUT2D eigenvalue weighted by Crippen LogP contribution is 2.34. The molecule has 4 heteroatoms. The van der Waals surface area contributed by atoms with Crippen molar-refractivity contribution in [2.24, 2.45) is 0 Å². The van der Waals surface area contributed by atoms with Gasteiger partial charge in [-0.3, -0.25) is 0 Å². The average Bonchev–Trinajstić information content (AvgIpc) is 2.15. The summed E-state index contributed by atoms with van der Waals surface area (Å²) >= 11 is 3.43. The monoisotopic (exact) mass is 289 g/mol. The first-order chi connectivity index (χ1) is 7.48. The zero-order chi connectivity index (χ0) is 11.8. The number of hydrogen-bond donors (Lipinski definition) is 0. The second-order valence-electron chi connectivity index (χ2n) is 4.34. The van der Waals surface area contributed by atoms with Crippen LogP contribution in [0.2, 0.25) is 0 Å². The lowest BCUT2D eigenvalue weighted by atomic mass is 10.1. The van der Waals surface area contributed by atoms with Gasteiger partial charge in [-0.2, -0.15) is 0 Å². The van der Waals surface area contributed by atoms with E-state index in [0.29, 0.717) is 13.0 Å². The molecule has 0 aliphatic carbocycles. The fourth-order valence-electron chi connectivity index (χ4n) is 2.04. The standard InChI is InChI=1S/C12H14BrF2N/c1-9-3-4-11(10(13)7-9)16-6-2-5-12(14,15)8-16/h3-4,7H,2,5-6,8H2,1H3. The van der Waals surface area contributed by atoms with Crippen LogP contribution in [0.25, 0.3) is 0 Å². The van der Waals surface area contributed by atoms with Crippen LogP contribution in [-0.2, 0) is 0 Å². The highest BCUT2D eigenvalue weighted by molar-refractivity contribution is 9.10. The molecule has 1 aliphatic rings. The number of nitrogens with zero attached hydrogens (tertiary/aromatic N) is 1. The van der Waals surface area contributed by atoms with Crippen LogP contribution in [0, 0.1) is 6.92 Å². The van der Waals surface area contributed by atoms with Gasteiger partial charge in [-0.25, -0.2) is 8.78 Å². The van der Waals surface area contributed by atoms with Crippen molar-refractivity contribution in [2.45, 2.75) is 25.7 Å². The average molecular weight is 290 g/mol. The SMILES string of the molecule is Cc1ccc(N2CCCC(F)(F)C2)c(Br)c1. The van der Waals surface area contributed by atoms with Gasteiger partial charge in [-0.05, 0) is 47.0 Å². The molecule has 1 aliphatic heterocycles. The maximum absolute atomic E-state index is 13.3. The summed E-state index contributed by atoms with van der Waals surface area (Å²) in [6.45, 7) is 2.52. The highest BCUT2D eigenvalue weighted by atomic mass is 79.9. The van der Waals surface area contributed by atoms with E-state index in [0.717, 1.165) is 15.7 Å². The molecule has 16 heavy (non-hydrogen) atoms. The summed E-state index contributed by atoms with van der Waals surface area (Å²) in [4.78, 5) is 1.76. The molecule has 0 spiro atoms. The van der Waals surface area contributed by atoms with Crippen LogP contribution in [0.5, 0.6) is 0 Å². The fraction of sp³-hybridized carbons (Fsp3) is 0.500. The van der Waals surface area contributed by atoms with Crippen molar-refractivity contribution in [2.75, 3.05) is 18.0 Å². The lowest BCUT2D eigenvalue weighted by Gasteiger charge is -2.34. The number of rotatable bonds is 1. The molecule has 1 aromatic carbocycles. The normalized spacial score (nSPS) is 19.9. The zero-order valence-corrected chi connectivity index (χ0v) is 10.7. The number of hydrogen-bond acceptors (Lipinski definition) is 1. The maximum Gasteiger partial charge on any atom is 0.265 e. The summed E-state index contributed by atoms with van der Waals surface area (Å²) in [6, 6.07) is 5.82. The molecule has 1 aromatic rings. The molecule has 88 valence electrons. The summed E-state index contributed by atoms with van der Waals surface area (Å²) in [6.07, 6.45) is 0.556. The largest absolute Gasteiger partial charge is 0.365 e. The molecule has 1 fully saturated rings. The van der Waals surface area contributed by atoms with E-state index in [2.05, 4.69) is 15.9 Å². The van der Waals surface area contributed by atoms with E-state index < -0.39 is 5.92 Å². The Hall–Kier alpha value is -0.640. The Bertz CT molecular complexity index is 393. The van der Waals surface area contributed by atoms with Crippen LogP contribution < -0.4 is 4.90 Å². The smallest absolute Gasteiger partial charge is 0.265 e. The van der Waals surface area contributed by atoms with E-state index >= 15 is 0 Å². The molecular weight excluding hydrogens is 276 g/mol. The Morgan fingerprint density at radius 3 is 2.75 bits per heavy atom. The van der Waals surface area contributed by atoms with Crippen LogP contribution >= 0.6 is 15.9 Å². The molecule has 2 rings (SSSR count). The number of anilines is 1. The molecule has 0 saturated carbocycles. The van der Waals surface area contributed by atoms with Gasteiger partial charge in [0, 0.05) is 17.4 Å². The number of piperidine rings is 1. The van der Waals surface area contributed by atoms with Crippen LogP contribution in [0.15, 0.2) is 22.7 Å². The summed E-state index contributed by atoms with van der Waals surface area (Å²) in [7, 11) is 0. The predicted octanol–water partition coefficient (Wildman–Crippen LogP) is 3.99. The van der Waals surface area contributed by atoms with Crippen molar-refractivity contribution < 1.29 is 8.78 Å². The van der Waals surface area contributed by atoms with Crippen molar-refractivity contribution in [3.05, 3.63) is 28.2 Å². The molecule has 1 saturated heterocycles. The Kier molecular flexibility index (Phi) is 3.19. The molecule has 1 heterocycles. The molecule has 0 atom stereocenters. The number of benzene rings is 1. The minimum Gasteiger partial charge on any atom is -0.365 e. The molecule has 0 unspecified atom stereocenters. The molecule has 0 amide bonds. The molecule has 0 aromatic heterocycles. The lowest BCUT2D eigenvalue weighted by Crippen LogP contribution is -2.42.